The van der Waals surface area contributed by atoms with Crippen LogP contribution in [0.5, 0.6) is 0 Å². The van der Waals surface area contributed by atoms with E-state index in [1.807, 2.05) is 6.92 Å². The third-order valence-corrected chi connectivity index (χ3v) is 3.47. The highest BCUT2D eigenvalue weighted by molar-refractivity contribution is 7.98. The molecule has 0 amide bonds. The van der Waals surface area contributed by atoms with Gasteiger partial charge in [0.15, 0.2) is 0 Å². The lowest BCUT2D eigenvalue weighted by molar-refractivity contribution is -0.137. The van der Waals surface area contributed by atoms with E-state index in [1.54, 1.807) is 18.7 Å². The van der Waals surface area contributed by atoms with Crippen LogP contribution in [0.1, 0.15) is 23.9 Å². The van der Waals surface area contributed by atoms with Crippen molar-refractivity contribution in [1.29, 1.82) is 0 Å². The van der Waals surface area contributed by atoms with E-state index >= 15 is 0 Å². The molecule has 2 N–H and O–H groups in total. The first-order valence-electron chi connectivity index (χ1n) is 5.01. The van der Waals surface area contributed by atoms with Gasteiger partial charge in [-0.3, -0.25) is 4.79 Å². The second-order valence-electron chi connectivity index (χ2n) is 3.75. The van der Waals surface area contributed by atoms with E-state index in [0.29, 0.717) is 5.95 Å². The molecule has 5 nitrogen and oxygen atoms in total. The molecule has 16 heavy (non-hydrogen) atoms. The maximum atomic E-state index is 10.7. The zero-order valence-corrected chi connectivity index (χ0v) is 9.97. The largest absolute Gasteiger partial charge is 0.480 e. The molecular weight excluding hydrogens is 226 g/mol. The molecule has 1 aliphatic heterocycles. The standard InChI is InChI=1S/C10H13N3O2S/c1-5-7-3-16-4-8(7)13-10(11-5)12-6(2)9(14)15/h6H,3-4H2,1-2H3,(H,14,15)(H,11,12,13). The van der Waals surface area contributed by atoms with Gasteiger partial charge in [0.05, 0.1) is 5.69 Å². The summed E-state index contributed by atoms with van der Waals surface area (Å²) in [5, 5.41) is 11.6. The fourth-order valence-electron chi connectivity index (χ4n) is 1.53. The van der Waals surface area contributed by atoms with Gasteiger partial charge in [-0.2, -0.15) is 11.8 Å². The monoisotopic (exact) mass is 239 g/mol. The Labute approximate surface area is 97.7 Å². The topological polar surface area (TPSA) is 75.1 Å². The first kappa shape index (κ1) is 11.2. The number of anilines is 1. The van der Waals surface area contributed by atoms with Crippen molar-refractivity contribution in [2.45, 2.75) is 31.4 Å². The van der Waals surface area contributed by atoms with E-state index in [1.165, 1.54) is 5.56 Å². The fourth-order valence-corrected chi connectivity index (χ4v) is 2.65. The second kappa shape index (κ2) is 4.29. The minimum absolute atomic E-state index is 0.411. The van der Waals surface area contributed by atoms with E-state index in [4.69, 9.17) is 5.11 Å². The van der Waals surface area contributed by atoms with Crippen LogP contribution < -0.4 is 5.32 Å². The molecule has 1 aromatic rings. The number of carbonyl (C=O) groups is 1. The van der Waals surface area contributed by atoms with Crippen LogP contribution in [0.15, 0.2) is 0 Å². The minimum atomic E-state index is -0.906. The van der Waals surface area contributed by atoms with Crippen molar-refractivity contribution in [2.75, 3.05) is 5.32 Å². The lowest BCUT2D eigenvalue weighted by atomic mass is 10.2. The number of aliphatic carboxylic acids is 1. The van der Waals surface area contributed by atoms with Crippen LogP contribution >= 0.6 is 11.8 Å². The molecule has 2 heterocycles. The summed E-state index contributed by atoms with van der Waals surface area (Å²) in [5.41, 5.74) is 3.16. The van der Waals surface area contributed by atoms with Gasteiger partial charge in [-0.25, -0.2) is 9.97 Å². The lowest BCUT2D eigenvalue weighted by Crippen LogP contribution is -2.26. The van der Waals surface area contributed by atoms with E-state index in [0.717, 1.165) is 22.9 Å². The summed E-state index contributed by atoms with van der Waals surface area (Å²) >= 11 is 1.80. The molecule has 0 fully saturated rings. The molecule has 0 bridgehead atoms. The van der Waals surface area contributed by atoms with E-state index < -0.39 is 12.0 Å². The smallest absolute Gasteiger partial charge is 0.325 e. The molecule has 1 aromatic heterocycles. The Morgan fingerprint density at radius 3 is 2.94 bits per heavy atom. The Balaban J connectivity index is 2.23. The zero-order valence-electron chi connectivity index (χ0n) is 9.15. The Kier molecular flexibility index (Phi) is 3.00. The maximum absolute atomic E-state index is 10.7. The minimum Gasteiger partial charge on any atom is -0.480 e. The molecule has 1 unspecified atom stereocenters. The number of hydrogen-bond donors (Lipinski definition) is 2. The molecule has 6 heteroatoms. The quantitative estimate of drug-likeness (QED) is 0.830. The average molecular weight is 239 g/mol. The van der Waals surface area contributed by atoms with Gasteiger partial charge in [-0.15, -0.1) is 0 Å². The first-order valence-corrected chi connectivity index (χ1v) is 6.17. The van der Waals surface area contributed by atoms with Gasteiger partial charge in [0.25, 0.3) is 0 Å². The predicted octanol–water partition coefficient (Wildman–Crippen LogP) is 1.42. The summed E-state index contributed by atoms with van der Waals surface area (Å²) in [4.78, 5) is 19.3. The SMILES string of the molecule is Cc1nc(NC(C)C(=O)O)nc2c1CSC2. The van der Waals surface area contributed by atoms with Crippen molar-refractivity contribution in [3.8, 4) is 0 Å². The molecule has 2 rings (SSSR count). The van der Waals surface area contributed by atoms with Crippen molar-refractivity contribution in [3.63, 3.8) is 0 Å². The van der Waals surface area contributed by atoms with Crippen molar-refractivity contribution >= 4 is 23.7 Å². The summed E-state index contributed by atoms with van der Waals surface area (Å²) in [6.07, 6.45) is 0. The van der Waals surface area contributed by atoms with Crippen molar-refractivity contribution in [2.24, 2.45) is 0 Å². The summed E-state index contributed by atoms with van der Waals surface area (Å²) in [7, 11) is 0. The number of thioether (sulfide) groups is 1. The van der Waals surface area contributed by atoms with E-state index in [9.17, 15) is 4.79 Å². The van der Waals surface area contributed by atoms with Gasteiger partial charge in [0, 0.05) is 22.8 Å². The number of hydrogen-bond acceptors (Lipinski definition) is 5. The first-order chi connectivity index (χ1) is 7.58. The molecule has 0 radical (unpaired) electrons. The summed E-state index contributed by atoms with van der Waals surface area (Å²) in [6, 6.07) is -0.675. The van der Waals surface area contributed by atoms with Gasteiger partial charge >= 0.3 is 5.97 Å². The maximum Gasteiger partial charge on any atom is 0.325 e. The summed E-state index contributed by atoms with van der Waals surface area (Å²) in [6.45, 7) is 3.51. The Bertz CT molecular complexity index is 436. The second-order valence-corrected chi connectivity index (χ2v) is 4.74. The van der Waals surface area contributed by atoms with Crippen LogP contribution in [0.4, 0.5) is 5.95 Å². The van der Waals surface area contributed by atoms with Crippen molar-refractivity contribution < 1.29 is 9.90 Å². The number of aromatic nitrogens is 2. The van der Waals surface area contributed by atoms with Crippen LogP contribution in [0.2, 0.25) is 0 Å². The number of aryl methyl sites for hydroxylation is 1. The molecule has 1 aliphatic rings. The van der Waals surface area contributed by atoms with Gasteiger partial charge < -0.3 is 10.4 Å². The molecule has 0 aliphatic carbocycles. The molecule has 86 valence electrons. The van der Waals surface area contributed by atoms with Crippen LogP contribution in [0.3, 0.4) is 0 Å². The molecular formula is C10H13N3O2S. The Morgan fingerprint density at radius 2 is 2.25 bits per heavy atom. The van der Waals surface area contributed by atoms with Crippen LogP contribution in [-0.4, -0.2) is 27.1 Å². The summed E-state index contributed by atoms with van der Waals surface area (Å²) < 4.78 is 0. The Hall–Kier alpha value is -1.30. The number of rotatable bonds is 3. The Morgan fingerprint density at radius 1 is 1.50 bits per heavy atom. The third-order valence-electron chi connectivity index (χ3n) is 2.50. The number of fused-ring (bicyclic) bond motifs is 1. The van der Waals surface area contributed by atoms with E-state index in [2.05, 4.69) is 15.3 Å². The predicted molar refractivity (Wildman–Crippen MR) is 62.5 cm³/mol. The van der Waals surface area contributed by atoms with Gasteiger partial charge in [-0.1, -0.05) is 0 Å². The number of carboxylic acids is 1. The summed E-state index contributed by atoms with van der Waals surface area (Å²) in [5.74, 6) is 1.34. The number of nitrogens with zero attached hydrogens (tertiary/aromatic N) is 2. The highest BCUT2D eigenvalue weighted by atomic mass is 32.2. The van der Waals surface area contributed by atoms with Crippen LogP contribution in [-0.2, 0) is 16.3 Å². The van der Waals surface area contributed by atoms with Gasteiger partial charge in [0.1, 0.15) is 6.04 Å². The van der Waals surface area contributed by atoms with Crippen molar-refractivity contribution in [3.05, 3.63) is 17.0 Å². The highest BCUT2D eigenvalue weighted by Gasteiger charge is 2.19. The van der Waals surface area contributed by atoms with E-state index in [-0.39, 0.29) is 0 Å². The molecule has 1 atom stereocenters. The average Bonchev–Trinajstić information content (AvgIpc) is 2.65. The van der Waals surface area contributed by atoms with Gasteiger partial charge in [-0.05, 0) is 13.8 Å². The normalized spacial score (nSPS) is 15.6. The molecule has 0 saturated heterocycles. The van der Waals surface area contributed by atoms with Gasteiger partial charge in [0.2, 0.25) is 5.95 Å². The molecule has 0 aromatic carbocycles. The molecule has 0 spiro atoms. The highest BCUT2D eigenvalue weighted by Crippen LogP contribution is 2.30. The lowest BCUT2D eigenvalue weighted by Gasteiger charge is -2.11. The van der Waals surface area contributed by atoms with Crippen molar-refractivity contribution in [1.82, 2.24) is 9.97 Å². The zero-order chi connectivity index (χ0) is 11.7. The fraction of sp³-hybridized carbons (Fsp3) is 0.500. The van der Waals surface area contributed by atoms with Crippen LogP contribution in [0.25, 0.3) is 0 Å². The van der Waals surface area contributed by atoms with Crippen LogP contribution in [0, 0.1) is 6.92 Å². The third kappa shape index (κ3) is 2.11. The molecule has 0 saturated carbocycles. The number of carboxylic acid groups (broad SMARTS) is 1. The number of nitrogens with one attached hydrogen (secondary N) is 1.